The molecule has 1 N–H and O–H groups in total. The third-order valence-corrected chi connectivity index (χ3v) is 3.39. The van der Waals surface area contributed by atoms with Gasteiger partial charge in [-0.15, -0.1) is 0 Å². The van der Waals surface area contributed by atoms with Crippen LogP contribution in [-0.2, 0) is 4.79 Å². The topological polar surface area (TPSA) is 92.6 Å². The lowest BCUT2D eigenvalue weighted by molar-refractivity contribution is -0.385. The van der Waals surface area contributed by atoms with Crippen LogP contribution < -0.4 is 10.2 Å². The number of carbonyl (C=O) groups excluding carboxylic acids is 2. The SMILES string of the molecule is CC(=O)N(C)c1ccc(NC(=O)c2ccc([N+](=O)[O-])cc2F)cc1. The Labute approximate surface area is 136 Å². The average molecular weight is 331 g/mol. The molecule has 0 atom stereocenters. The molecule has 7 nitrogen and oxygen atoms in total. The second-order valence-electron chi connectivity index (χ2n) is 5.00. The van der Waals surface area contributed by atoms with Crippen LogP contribution in [0.15, 0.2) is 42.5 Å². The first-order valence-corrected chi connectivity index (χ1v) is 6.89. The van der Waals surface area contributed by atoms with E-state index in [1.54, 1.807) is 31.3 Å². The molecule has 0 radical (unpaired) electrons. The highest BCUT2D eigenvalue weighted by molar-refractivity contribution is 6.04. The Morgan fingerprint density at radius 2 is 1.79 bits per heavy atom. The summed E-state index contributed by atoms with van der Waals surface area (Å²) in [4.78, 5) is 34.6. The Hall–Kier alpha value is -3.29. The molecule has 0 bridgehead atoms. The maximum Gasteiger partial charge on any atom is 0.272 e. The van der Waals surface area contributed by atoms with E-state index in [1.807, 2.05) is 0 Å². The van der Waals surface area contributed by atoms with E-state index in [0.717, 1.165) is 12.1 Å². The fraction of sp³-hybridized carbons (Fsp3) is 0.125. The molecule has 8 heteroatoms. The van der Waals surface area contributed by atoms with Gasteiger partial charge in [-0.25, -0.2) is 4.39 Å². The molecule has 0 spiro atoms. The summed E-state index contributed by atoms with van der Waals surface area (Å²) in [6.45, 7) is 1.42. The summed E-state index contributed by atoms with van der Waals surface area (Å²) in [7, 11) is 1.61. The Bertz CT molecular complexity index is 805. The Morgan fingerprint density at radius 3 is 2.29 bits per heavy atom. The van der Waals surface area contributed by atoms with Gasteiger partial charge in [-0.3, -0.25) is 19.7 Å². The molecule has 2 amide bonds. The quantitative estimate of drug-likeness (QED) is 0.688. The summed E-state index contributed by atoms with van der Waals surface area (Å²) in [6, 6.07) is 9.20. The molecule has 0 aliphatic heterocycles. The monoisotopic (exact) mass is 331 g/mol. The average Bonchev–Trinajstić information content (AvgIpc) is 2.54. The zero-order chi connectivity index (χ0) is 17.9. The van der Waals surface area contributed by atoms with E-state index in [1.165, 1.54) is 11.8 Å². The molecule has 0 aliphatic carbocycles. The van der Waals surface area contributed by atoms with Gasteiger partial charge >= 0.3 is 0 Å². The van der Waals surface area contributed by atoms with E-state index < -0.39 is 22.3 Å². The van der Waals surface area contributed by atoms with Crippen LogP contribution in [0.1, 0.15) is 17.3 Å². The molecule has 2 aromatic carbocycles. The second-order valence-corrected chi connectivity index (χ2v) is 5.00. The summed E-state index contributed by atoms with van der Waals surface area (Å²) in [5.74, 6) is -1.84. The van der Waals surface area contributed by atoms with Crippen molar-refractivity contribution in [1.29, 1.82) is 0 Å². The lowest BCUT2D eigenvalue weighted by Gasteiger charge is -2.15. The van der Waals surface area contributed by atoms with Gasteiger partial charge in [0.1, 0.15) is 5.82 Å². The van der Waals surface area contributed by atoms with Gasteiger partial charge in [-0.2, -0.15) is 0 Å². The van der Waals surface area contributed by atoms with Crippen LogP contribution in [0.4, 0.5) is 21.5 Å². The van der Waals surface area contributed by atoms with E-state index in [9.17, 15) is 24.1 Å². The van der Waals surface area contributed by atoms with E-state index in [0.29, 0.717) is 17.4 Å². The minimum absolute atomic E-state index is 0.139. The van der Waals surface area contributed by atoms with Gasteiger partial charge in [0, 0.05) is 31.4 Å². The largest absolute Gasteiger partial charge is 0.322 e. The van der Waals surface area contributed by atoms with Crippen LogP contribution in [0.5, 0.6) is 0 Å². The van der Waals surface area contributed by atoms with Crippen molar-refractivity contribution in [3.8, 4) is 0 Å². The molecule has 0 unspecified atom stereocenters. The van der Waals surface area contributed by atoms with Gasteiger partial charge in [-0.1, -0.05) is 0 Å². The number of amides is 2. The molecule has 0 aliphatic rings. The molecule has 2 rings (SSSR count). The highest BCUT2D eigenvalue weighted by Gasteiger charge is 2.16. The standard InChI is InChI=1S/C16H14FN3O4/c1-10(21)19(2)12-5-3-11(4-6-12)18-16(22)14-8-7-13(20(23)24)9-15(14)17/h3-9H,1-2H3,(H,18,22). The van der Waals surface area contributed by atoms with Gasteiger partial charge in [0.05, 0.1) is 16.6 Å². The number of nitrogens with zero attached hydrogens (tertiary/aromatic N) is 2. The number of nitro groups is 1. The molecular weight excluding hydrogens is 317 g/mol. The van der Waals surface area contributed by atoms with E-state index in [2.05, 4.69) is 5.32 Å². The van der Waals surface area contributed by atoms with Gasteiger partial charge in [-0.05, 0) is 30.3 Å². The third kappa shape index (κ3) is 3.72. The van der Waals surface area contributed by atoms with Crippen molar-refractivity contribution in [2.75, 3.05) is 17.3 Å². The highest BCUT2D eigenvalue weighted by Crippen LogP contribution is 2.20. The van der Waals surface area contributed by atoms with Gasteiger partial charge in [0.2, 0.25) is 5.91 Å². The fourth-order valence-corrected chi connectivity index (χ4v) is 1.95. The number of benzene rings is 2. The number of anilines is 2. The molecule has 124 valence electrons. The molecular formula is C16H14FN3O4. The van der Waals surface area contributed by atoms with Gasteiger partial charge in [0.15, 0.2) is 0 Å². The van der Waals surface area contributed by atoms with Crippen LogP contribution in [0.2, 0.25) is 0 Å². The number of hydrogen-bond acceptors (Lipinski definition) is 4. The van der Waals surface area contributed by atoms with Gasteiger partial charge < -0.3 is 10.2 Å². The Morgan fingerprint density at radius 1 is 1.17 bits per heavy atom. The molecule has 2 aromatic rings. The lowest BCUT2D eigenvalue weighted by Crippen LogP contribution is -2.22. The summed E-state index contributed by atoms with van der Waals surface area (Å²) < 4.78 is 13.8. The lowest BCUT2D eigenvalue weighted by atomic mass is 10.1. The van der Waals surface area contributed by atoms with Crippen molar-refractivity contribution in [3.05, 3.63) is 64.0 Å². The van der Waals surface area contributed by atoms with Crippen molar-refractivity contribution < 1.29 is 18.9 Å². The van der Waals surface area contributed by atoms with Crippen molar-refractivity contribution in [3.63, 3.8) is 0 Å². The van der Waals surface area contributed by atoms with Crippen molar-refractivity contribution >= 4 is 28.9 Å². The molecule has 24 heavy (non-hydrogen) atoms. The first-order valence-electron chi connectivity index (χ1n) is 6.89. The predicted octanol–water partition coefficient (Wildman–Crippen LogP) is 2.97. The zero-order valence-corrected chi connectivity index (χ0v) is 12.9. The van der Waals surface area contributed by atoms with Crippen molar-refractivity contribution in [2.24, 2.45) is 0 Å². The van der Waals surface area contributed by atoms with E-state index in [4.69, 9.17) is 0 Å². The first kappa shape index (κ1) is 17.1. The number of hydrogen-bond donors (Lipinski definition) is 1. The Balaban J connectivity index is 2.15. The van der Waals surface area contributed by atoms with Crippen LogP contribution in [-0.4, -0.2) is 23.8 Å². The molecule has 0 saturated carbocycles. The molecule has 0 saturated heterocycles. The predicted molar refractivity (Wildman–Crippen MR) is 86.5 cm³/mol. The first-order chi connectivity index (χ1) is 11.3. The maximum atomic E-state index is 13.8. The number of non-ortho nitro benzene ring substituents is 1. The zero-order valence-electron chi connectivity index (χ0n) is 12.9. The fourth-order valence-electron chi connectivity index (χ4n) is 1.95. The van der Waals surface area contributed by atoms with Crippen LogP contribution in [0, 0.1) is 15.9 Å². The normalized spacial score (nSPS) is 10.1. The third-order valence-electron chi connectivity index (χ3n) is 3.39. The molecule has 0 fully saturated rings. The number of nitro benzene ring substituents is 1. The minimum atomic E-state index is -0.977. The summed E-state index contributed by atoms with van der Waals surface area (Å²) >= 11 is 0. The molecule has 0 heterocycles. The number of nitrogens with one attached hydrogen (secondary N) is 1. The summed E-state index contributed by atoms with van der Waals surface area (Å²) in [5.41, 5.74) is 0.312. The summed E-state index contributed by atoms with van der Waals surface area (Å²) in [6.07, 6.45) is 0. The van der Waals surface area contributed by atoms with E-state index in [-0.39, 0.29) is 11.5 Å². The smallest absolute Gasteiger partial charge is 0.272 e. The Kier molecular flexibility index (Phi) is 4.88. The summed E-state index contributed by atoms with van der Waals surface area (Å²) in [5, 5.41) is 13.1. The van der Waals surface area contributed by atoms with Crippen LogP contribution >= 0.6 is 0 Å². The number of rotatable bonds is 4. The van der Waals surface area contributed by atoms with Gasteiger partial charge in [0.25, 0.3) is 11.6 Å². The van der Waals surface area contributed by atoms with Crippen LogP contribution in [0.25, 0.3) is 0 Å². The van der Waals surface area contributed by atoms with Crippen molar-refractivity contribution in [1.82, 2.24) is 0 Å². The van der Waals surface area contributed by atoms with Crippen LogP contribution in [0.3, 0.4) is 0 Å². The second kappa shape index (κ2) is 6.86. The highest BCUT2D eigenvalue weighted by atomic mass is 19.1. The number of carbonyl (C=O) groups is 2. The minimum Gasteiger partial charge on any atom is -0.322 e. The van der Waals surface area contributed by atoms with Crippen molar-refractivity contribution in [2.45, 2.75) is 6.92 Å². The molecule has 0 aromatic heterocycles. The maximum absolute atomic E-state index is 13.8. The van der Waals surface area contributed by atoms with E-state index >= 15 is 0 Å². The number of halogens is 1.